The number of H-pyrrole nitrogens is 2. The zero-order valence-electron chi connectivity index (χ0n) is 11.9. The molecule has 4 nitrogen and oxygen atoms in total. The Bertz CT molecular complexity index is 1030. The van der Waals surface area contributed by atoms with E-state index in [9.17, 15) is 4.79 Å². The van der Waals surface area contributed by atoms with Gasteiger partial charge in [-0.05, 0) is 36.6 Å². The van der Waals surface area contributed by atoms with Crippen LogP contribution in [0.2, 0.25) is 0 Å². The standard InChI is InChI=1S/C17H13N3OS/c1-22-12-5-2-10(3-6-12)17-19-14-8-11-4-7-16(21)18-13(11)9-15(14)20-17/h2-9H,1H3,(H,18,21)(H,19,20). The highest BCUT2D eigenvalue weighted by Crippen LogP contribution is 2.25. The van der Waals surface area contributed by atoms with E-state index >= 15 is 0 Å². The van der Waals surface area contributed by atoms with Crippen molar-refractivity contribution < 1.29 is 0 Å². The van der Waals surface area contributed by atoms with Crippen molar-refractivity contribution in [3.05, 3.63) is 58.9 Å². The molecule has 0 aliphatic heterocycles. The van der Waals surface area contributed by atoms with Crippen molar-refractivity contribution in [1.29, 1.82) is 0 Å². The minimum atomic E-state index is -0.0979. The van der Waals surface area contributed by atoms with Crippen LogP contribution in [0.4, 0.5) is 0 Å². The van der Waals surface area contributed by atoms with Crippen LogP contribution in [0, 0.1) is 0 Å². The third kappa shape index (κ3) is 2.19. The number of rotatable bonds is 2. The molecule has 4 aromatic rings. The van der Waals surface area contributed by atoms with E-state index in [0.29, 0.717) is 0 Å². The van der Waals surface area contributed by atoms with E-state index in [1.165, 1.54) is 11.0 Å². The molecule has 0 saturated carbocycles. The largest absolute Gasteiger partial charge is 0.338 e. The molecule has 0 aliphatic rings. The summed E-state index contributed by atoms with van der Waals surface area (Å²) in [6.45, 7) is 0. The molecule has 2 N–H and O–H groups in total. The van der Waals surface area contributed by atoms with Gasteiger partial charge in [-0.2, -0.15) is 0 Å². The lowest BCUT2D eigenvalue weighted by Crippen LogP contribution is -2.01. The van der Waals surface area contributed by atoms with Crippen LogP contribution in [-0.2, 0) is 0 Å². The number of benzene rings is 2. The number of hydrogen-bond acceptors (Lipinski definition) is 3. The van der Waals surface area contributed by atoms with E-state index in [1.807, 2.05) is 18.2 Å². The first kappa shape index (κ1) is 13.2. The molecule has 2 aromatic heterocycles. The smallest absolute Gasteiger partial charge is 0.248 e. The first-order chi connectivity index (χ1) is 10.7. The molecule has 22 heavy (non-hydrogen) atoms. The molecule has 0 spiro atoms. The summed E-state index contributed by atoms with van der Waals surface area (Å²) in [7, 11) is 0. The van der Waals surface area contributed by atoms with Gasteiger partial charge < -0.3 is 9.97 Å². The number of aromatic amines is 2. The third-order valence-electron chi connectivity index (χ3n) is 3.69. The molecule has 4 rings (SSSR count). The Morgan fingerprint density at radius 2 is 1.77 bits per heavy atom. The van der Waals surface area contributed by atoms with Crippen molar-refractivity contribution in [2.45, 2.75) is 4.90 Å². The number of aromatic nitrogens is 3. The summed E-state index contributed by atoms with van der Waals surface area (Å²) in [5, 5.41) is 0.975. The Morgan fingerprint density at radius 1 is 0.955 bits per heavy atom. The molecule has 108 valence electrons. The first-order valence-corrected chi connectivity index (χ1v) is 8.13. The minimum absolute atomic E-state index is 0.0979. The van der Waals surface area contributed by atoms with E-state index in [-0.39, 0.29) is 5.56 Å². The number of pyridine rings is 1. The maximum absolute atomic E-state index is 11.4. The zero-order valence-corrected chi connectivity index (χ0v) is 12.7. The van der Waals surface area contributed by atoms with Crippen LogP contribution in [0.1, 0.15) is 0 Å². The Balaban J connectivity index is 1.88. The molecular weight excluding hydrogens is 294 g/mol. The van der Waals surface area contributed by atoms with Crippen molar-refractivity contribution in [3.8, 4) is 11.4 Å². The van der Waals surface area contributed by atoms with Crippen molar-refractivity contribution in [2.24, 2.45) is 0 Å². The fourth-order valence-electron chi connectivity index (χ4n) is 2.54. The third-order valence-corrected chi connectivity index (χ3v) is 4.43. The molecule has 0 atom stereocenters. The average Bonchev–Trinajstić information content (AvgIpc) is 2.95. The molecule has 0 saturated heterocycles. The predicted octanol–water partition coefficient (Wildman–Crippen LogP) is 3.79. The highest BCUT2D eigenvalue weighted by molar-refractivity contribution is 7.98. The van der Waals surface area contributed by atoms with Crippen LogP contribution in [0.5, 0.6) is 0 Å². The second-order valence-electron chi connectivity index (χ2n) is 5.09. The van der Waals surface area contributed by atoms with Crippen LogP contribution in [0.15, 0.2) is 58.2 Å². The number of thioether (sulfide) groups is 1. The monoisotopic (exact) mass is 307 g/mol. The van der Waals surface area contributed by atoms with Gasteiger partial charge in [0.05, 0.1) is 16.6 Å². The molecular formula is C17H13N3OS. The molecule has 5 heteroatoms. The number of nitrogens with one attached hydrogen (secondary N) is 2. The number of fused-ring (bicyclic) bond motifs is 2. The molecule has 0 fully saturated rings. The quantitative estimate of drug-likeness (QED) is 0.554. The van der Waals surface area contributed by atoms with E-state index in [1.54, 1.807) is 11.8 Å². The fourth-order valence-corrected chi connectivity index (χ4v) is 2.95. The maximum atomic E-state index is 11.4. The number of imidazole rings is 1. The normalized spacial score (nSPS) is 11.3. The van der Waals surface area contributed by atoms with Gasteiger partial charge >= 0.3 is 0 Å². The maximum Gasteiger partial charge on any atom is 0.248 e. The SMILES string of the molecule is CSc1ccc(-c2nc3cc4ccc(=O)[nH]c4cc3[nH]2)cc1. The Morgan fingerprint density at radius 3 is 2.55 bits per heavy atom. The Hall–Kier alpha value is -2.53. The summed E-state index contributed by atoms with van der Waals surface area (Å²) < 4.78 is 0. The highest BCUT2D eigenvalue weighted by Gasteiger charge is 2.07. The van der Waals surface area contributed by atoms with Gasteiger partial charge in [0.15, 0.2) is 0 Å². The van der Waals surface area contributed by atoms with Crippen LogP contribution >= 0.6 is 11.8 Å². The van der Waals surface area contributed by atoms with Crippen LogP contribution in [-0.4, -0.2) is 21.2 Å². The first-order valence-electron chi connectivity index (χ1n) is 6.90. The molecule has 0 unspecified atom stereocenters. The minimum Gasteiger partial charge on any atom is -0.338 e. The second kappa shape index (κ2) is 5.03. The topological polar surface area (TPSA) is 61.5 Å². The van der Waals surface area contributed by atoms with Gasteiger partial charge in [0, 0.05) is 21.9 Å². The van der Waals surface area contributed by atoms with Crippen molar-refractivity contribution >= 4 is 33.7 Å². The second-order valence-corrected chi connectivity index (χ2v) is 5.97. The lowest BCUT2D eigenvalue weighted by Gasteiger charge is -1.98. The van der Waals surface area contributed by atoms with Crippen LogP contribution in [0.3, 0.4) is 0 Å². The van der Waals surface area contributed by atoms with Crippen molar-refractivity contribution in [1.82, 2.24) is 15.0 Å². The average molecular weight is 307 g/mol. The van der Waals surface area contributed by atoms with Gasteiger partial charge in [0.1, 0.15) is 5.82 Å². The summed E-state index contributed by atoms with van der Waals surface area (Å²) >= 11 is 1.72. The van der Waals surface area contributed by atoms with Gasteiger partial charge in [-0.15, -0.1) is 11.8 Å². The molecule has 0 bridgehead atoms. The van der Waals surface area contributed by atoms with E-state index in [2.05, 4.69) is 45.5 Å². The van der Waals surface area contributed by atoms with E-state index in [0.717, 1.165) is 33.3 Å². The molecule has 2 aromatic carbocycles. The molecule has 0 radical (unpaired) electrons. The van der Waals surface area contributed by atoms with Gasteiger partial charge in [-0.3, -0.25) is 4.79 Å². The van der Waals surface area contributed by atoms with Gasteiger partial charge in [-0.25, -0.2) is 4.98 Å². The Kier molecular flexibility index (Phi) is 3.01. The lowest BCUT2D eigenvalue weighted by molar-refractivity contribution is 1.31. The summed E-state index contributed by atoms with van der Waals surface area (Å²) in [6, 6.07) is 15.5. The van der Waals surface area contributed by atoms with Gasteiger partial charge in [-0.1, -0.05) is 12.1 Å². The number of nitrogens with zero attached hydrogens (tertiary/aromatic N) is 1. The summed E-state index contributed by atoms with van der Waals surface area (Å²) in [5.41, 5.74) is 3.57. The number of hydrogen-bond donors (Lipinski definition) is 2. The molecule has 0 amide bonds. The lowest BCUT2D eigenvalue weighted by atomic mass is 10.2. The van der Waals surface area contributed by atoms with Crippen molar-refractivity contribution in [3.63, 3.8) is 0 Å². The van der Waals surface area contributed by atoms with Gasteiger partial charge in [0.25, 0.3) is 0 Å². The van der Waals surface area contributed by atoms with Crippen LogP contribution in [0.25, 0.3) is 33.3 Å². The summed E-state index contributed by atoms with van der Waals surface area (Å²) in [5.74, 6) is 0.834. The fraction of sp³-hybridized carbons (Fsp3) is 0.0588. The van der Waals surface area contributed by atoms with Gasteiger partial charge in [0.2, 0.25) is 5.56 Å². The van der Waals surface area contributed by atoms with E-state index in [4.69, 9.17) is 0 Å². The molecule has 0 aliphatic carbocycles. The molecule has 2 heterocycles. The summed E-state index contributed by atoms with van der Waals surface area (Å²) in [6.07, 6.45) is 2.06. The van der Waals surface area contributed by atoms with Crippen LogP contribution < -0.4 is 5.56 Å². The van der Waals surface area contributed by atoms with E-state index < -0.39 is 0 Å². The predicted molar refractivity (Wildman–Crippen MR) is 91.4 cm³/mol. The summed E-state index contributed by atoms with van der Waals surface area (Å²) in [4.78, 5) is 23.5. The zero-order chi connectivity index (χ0) is 15.1. The van der Waals surface area contributed by atoms with Crippen molar-refractivity contribution in [2.75, 3.05) is 6.26 Å². The Labute approximate surface area is 130 Å². The highest BCUT2D eigenvalue weighted by atomic mass is 32.2.